The topological polar surface area (TPSA) is 87.4 Å². The zero-order valence-corrected chi connectivity index (χ0v) is 17.9. The molecule has 4 heterocycles. The van der Waals surface area contributed by atoms with Crippen molar-refractivity contribution in [3.8, 4) is 0 Å². The van der Waals surface area contributed by atoms with Gasteiger partial charge in [-0.3, -0.25) is 0 Å². The van der Waals surface area contributed by atoms with Crippen LogP contribution in [-0.4, -0.2) is 41.1 Å². The highest BCUT2D eigenvalue weighted by atomic mass is 16.4. The van der Waals surface area contributed by atoms with E-state index < -0.39 is 0 Å². The van der Waals surface area contributed by atoms with E-state index in [0.717, 1.165) is 80.4 Å². The Morgan fingerprint density at radius 1 is 0.839 bits per heavy atom. The van der Waals surface area contributed by atoms with E-state index in [1.165, 1.54) is 18.9 Å². The van der Waals surface area contributed by atoms with Crippen LogP contribution in [0.5, 0.6) is 0 Å². The lowest BCUT2D eigenvalue weighted by Crippen LogP contribution is -2.34. The Kier molecular flexibility index (Phi) is 5.44. The van der Waals surface area contributed by atoms with Crippen molar-refractivity contribution >= 4 is 34.5 Å². The van der Waals surface area contributed by atoms with Gasteiger partial charge < -0.3 is 19.5 Å². The van der Waals surface area contributed by atoms with Gasteiger partial charge in [0, 0.05) is 49.4 Å². The summed E-state index contributed by atoms with van der Waals surface area (Å²) in [6.45, 7) is 5.81. The van der Waals surface area contributed by atoms with Crippen LogP contribution < -0.4 is 20.7 Å². The number of nitrogens with zero attached hydrogens (tertiary/aromatic N) is 5. The molecule has 0 atom stereocenters. The molecule has 0 radical (unpaired) electrons. The predicted octanol–water partition coefficient (Wildman–Crippen LogP) is 4.01. The number of aryl methyl sites for hydroxylation is 1. The zero-order chi connectivity index (χ0) is 21.2. The van der Waals surface area contributed by atoms with Crippen LogP contribution >= 0.6 is 0 Å². The fourth-order valence-electron chi connectivity index (χ4n) is 4.41. The van der Waals surface area contributed by atoms with Crippen LogP contribution in [0.15, 0.2) is 33.5 Å². The van der Waals surface area contributed by atoms with Gasteiger partial charge in [0.1, 0.15) is 5.58 Å². The van der Waals surface area contributed by atoms with Gasteiger partial charge in [0.15, 0.2) is 0 Å². The van der Waals surface area contributed by atoms with Crippen molar-refractivity contribution in [2.24, 2.45) is 0 Å². The molecule has 0 unspecified atom stereocenters. The lowest BCUT2D eigenvalue weighted by Gasteiger charge is -2.30. The summed E-state index contributed by atoms with van der Waals surface area (Å²) in [5.74, 6) is 1.99. The summed E-state index contributed by atoms with van der Waals surface area (Å²) in [4.78, 5) is 30.6. The number of anilines is 4. The third-order valence-corrected chi connectivity index (χ3v) is 6.10. The number of benzene rings is 1. The molecule has 0 amide bonds. The van der Waals surface area contributed by atoms with Gasteiger partial charge in [0.2, 0.25) is 17.8 Å². The van der Waals surface area contributed by atoms with Gasteiger partial charge >= 0.3 is 5.63 Å². The number of nitrogens with one attached hydrogen (secondary N) is 1. The molecule has 162 valence electrons. The standard InChI is InChI=1S/C23H28N6O2/c1-16-14-20(30)31-19-15-17(8-9-18(16)19)24-21-25-22(28-10-4-2-5-11-28)27-23(26-21)29-12-6-3-7-13-29/h8-9,14-15H,2-7,10-13H2,1H3,(H,24,25,26,27). The minimum absolute atomic E-state index is 0.345. The lowest BCUT2D eigenvalue weighted by molar-refractivity contribution is 0.556. The first-order chi connectivity index (χ1) is 15.2. The van der Waals surface area contributed by atoms with Crippen LogP contribution in [0.1, 0.15) is 44.1 Å². The first-order valence-corrected chi connectivity index (χ1v) is 11.2. The molecule has 2 saturated heterocycles. The van der Waals surface area contributed by atoms with Crippen molar-refractivity contribution in [2.45, 2.75) is 45.4 Å². The Labute approximate surface area is 181 Å². The van der Waals surface area contributed by atoms with Gasteiger partial charge in [0.05, 0.1) is 0 Å². The van der Waals surface area contributed by atoms with Gasteiger partial charge in [-0.1, -0.05) is 0 Å². The molecule has 1 N–H and O–H groups in total. The highest BCUT2D eigenvalue weighted by Crippen LogP contribution is 2.26. The number of aromatic nitrogens is 3. The molecule has 31 heavy (non-hydrogen) atoms. The summed E-state index contributed by atoms with van der Waals surface area (Å²) in [6, 6.07) is 7.25. The first kappa shape index (κ1) is 19.8. The number of rotatable bonds is 4. The molecular formula is C23H28N6O2. The average molecular weight is 421 g/mol. The van der Waals surface area contributed by atoms with E-state index in [1.54, 1.807) is 0 Å². The van der Waals surface area contributed by atoms with Gasteiger partial charge in [-0.05, 0) is 63.1 Å². The zero-order valence-electron chi connectivity index (χ0n) is 17.9. The summed E-state index contributed by atoms with van der Waals surface area (Å²) >= 11 is 0. The van der Waals surface area contributed by atoms with E-state index in [9.17, 15) is 4.79 Å². The lowest BCUT2D eigenvalue weighted by atomic mass is 10.1. The summed E-state index contributed by atoms with van der Waals surface area (Å²) in [7, 11) is 0. The second-order valence-electron chi connectivity index (χ2n) is 8.44. The molecule has 0 aliphatic carbocycles. The van der Waals surface area contributed by atoms with Crippen molar-refractivity contribution < 1.29 is 4.42 Å². The van der Waals surface area contributed by atoms with Gasteiger partial charge in [-0.2, -0.15) is 15.0 Å². The molecule has 5 rings (SSSR count). The Bertz CT molecular complexity index is 1100. The molecule has 0 spiro atoms. The minimum atomic E-state index is -0.345. The summed E-state index contributed by atoms with van der Waals surface area (Å²) in [6.07, 6.45) is 7.17. The minimum Gasteiger partial charge on any atom is -0.423 e. The number of piperidine rings is 2. The molecule has 8 heteroatoms. The summed E-state index contributed by atoms with van der Waals surface area (Å²) in [5, 5.41) is 4.24. The third kappa shape index (κ3) is 4.33. The third-order valence-electron chi connectivity index (χ3n) is 6.10. The van der Waals surface area contributed by atoms with E-state index in [2.05, 4.69) is 15.1 Å². The van der Waals surface area contributed by atoms with Crippen LogP contribution in [0.3, 0.4) is 0 Å². The van der Waals surface area contributed by atoms with Crippen molar-refractivity contribution in [3.05, 3.63) is 40.2 Å². The normalized spacial score (nSPS) is 17.2. The molecule has 1 aromatic carbocycles. The van der Waals surface area contributed by atoms with Gasteiger partial charge in [-0.15, -0.1) is 0 Å². The smallest absolute Gasteiger partial charge is 0.336 e. The Morgan fingerprint density at radius 2 is 1.45 bits per heavy atom. The van der Waals surface area contributed by atoms with Crippen LogP contribution in [0.4, 0.5) is 23.5 Å². The fraction of sp³-hybridized carbons (Fsp3) is 0.478. The first-order valence-electron chi connectivity index (χ1n) is 11.2. The Balaban J connectivity index is 1.49. The van der Waals surface area contributed by atoms with Gasteiger partial charge in [0.25, 0.3) is 0 Å². The van der Waals surface area contributed by atoms with E-state index >= 15 is 0 Å². The second kappa shape index (κ2) is 8.53. The van der Waals surface area contributed by atoms with Crippen molar-refractivity contribution in [2.75, 3.05) is 41.3 Å². The molecular weight excluding hydrogens is 392 g/mol. The number of hydrogen-bond donors (Lipinski definition) is 1. The Hall–Kier alpha value is -3.16. The molecule has 2 aromatic heterocycles. The van der Waals surface area contributed by atoms with E-state index in [4.69, 9.17) is 19.4 Å². The predicted molar refractivity (Wildman–Crippen MR) is 122 cm³/mol. The number of hydrogen-bond acceptors (Lipinski definition) is 8. The Morgan fingerprint density at radius 3 is 2.06 bits per heavy atom. The maximum atomic E-state index is 11.8. The maximum absolute atomic E-state index is 11.8. The molecule has 3 aromatic rings. The summed E-state index contributed by atoms with van der Waals surface area (Å²) < 4.78 is 5.39. The fourth-order valence-corrected chi connectivity index (χ4v) is 4.41. The second-order valence-corrected chi connectivity index (χ2v) is 8.44. The van der Waals surface area contributed by atoms with E-state index in [-0.39, 0.29) is 5.63 Å². The molecule has 2 fully saturated rings. The number of fused-ring (bicyclic) bond motifs is 1. The molecule has 2 aliphatic heterocycles. The average Bonchev–Trinajstić information content (AvgIpc) is 2.80. The van der Waals surface area contributed by atoms with Crippen molar-refractivity contribution in [3.63, 3.8) is 0 Å². The monoisotopic (exact) mass is 420 g/mol. The van der Waals surface area contributed by atoms with Crippen LogP contribution in [0.25, 0.3) is 11.0 Å². The molecule has 8 nitrogen and oxygen atoms in total. The van der Waals surface area contributed by atoms with Crippen LogP contribution in [0.2, 0.25) is 0 Å². The largest absolute Gasteiger partial charge is 0.423 e. The highest BCUT2D eigenvalue weighted by Gasteiger charge is 2.20. The molecule has 0 bridgehead atoms. The van der Waals surface area contributed by atoms with Crippen LogP contribution in [0, 0.1) is 6.92 Å². The quantitative estimate of drug-likeness (QED) is 0.634. The van der Waals surface area contributed by atoms with E-state index in [1.807, 2.05) is 25.1 Å². The highest BCUT2D eigenvalue weighted by molar-refractivity contribution is 5.83. The van der Waals surface area contributed by atoms with Gasteiger partial charge in [-0.25, -0.2) is 4.79 Å². The summed E-state index contributed by atoms with van der Waals surface area (Å²) in [5.41, 5.74) is 1.89. The maximum Gasteiger partial charge on any atom is 0.336 e. The molecule has 0 saturated carbocycles. The van der Waals surface area contributed by atoms with Crippen molar-refractivity contribution in [1.29, 1.82) is 0 Å². The molecule has 2 aliphatic rings. The SMILES string of the molecule is Cc1cc(=O)oc2cc(Nc3nc(N4CCCCC4)nc(N4CCCCC4)n3)ccc12. The van der Waals surface area contributed by atoms with Crippen LogP contribution in [-0.2, 0) is 0 Å². The van der Waals surface area contributed by atoms with Crippen molar-refractivity contribution in [1.82, 2.24) is 15.0 Å². The van der Waals surface area contributed by atoms with E-state index in [0.29, 0.717) is 11.5 Å².